The first-order chi connectivity index (χ1) is 38.2. The molecule has 0 aliphatic heterocycles. The smallest absolute Gasteiger partial charge is 0.206 e. The third-order valence-electron chi connectivity index (χ3n) is 15.0. The molecule has 0 bridgehead atoms. The van der Waals surface area contributed by atoms with Gasteiger partial charge in [0.1, 0.15) is 68.0 Å². The van der Waals surface area contributed by atoms with Crippen molar-refractivity contribution in [2.45, 2.75) is 40.8 Å². The lowest BCUT2D eigenvalue weighted by molar-refractivity contribution is -0.660. The number of halogens is 5. The van der Waals surface area contributed by atoms with Crippen LogP contribution < -0.4 is 27.4 Å². The molecule has 0 spiro atoms. The number of hydrogen-bond acceptors (Lipinski definition) is 3. The zero-order chi connectivity index (χ0) is 56.9. The van der Waals surface area contributed by atoms with E-state index in [4.69, 9.17) is 0 Å². The van der Waals surface area contributed by atoms with Gasteiger partial charge in [-0.15, -0.1) is 0 Å². The summed E-state index contributed by atoms with van der Waals surface area (Å²) in [5.41, 5.74) is 15.6. The summed E-state index contributed by atoms with van der Waals surface area (Å²) in [6.45, 7) is 10.4. The Morgan fingerprint density at radius 3 is 1.21 bits per heavy atom. The molecule has 0 aliphatic rings. The van der Waals surface area contributed by atoms with Crippen molar-refractivity contribution < 1.29 is 49.4 Å². The lowest BCUT2D eigenvalue weighted by Gasteiger charge is -2.13. The number of aromatic nitrogens is 6. The van der Waals surface area contributed by atoms with Crippen LogP contribution in [0.3, 0.4) is 0 Å². The molecule has 14 heteroatoms. The van der Waals surface area contributed by atoms with E-state index >= 15 is 0 Å². The number of pyridine rings is 3. The van der Waals surface area contributed by atoms with E-state index in [9.17, 15) is 22.0 Å². The Kier molecular flexibility index (Phi) is 15.5. The maximum Gasteiger partial charge on any atom is 0.416 e. The van der Waals surface area contributed by atoms with Crippen LogP contribution in [0.15, 0.2) is 170 Å². The third kappa shape index (κ3) is 10.3. The second kappa shape index (κ2) is 22.3. The van der Waals surface area contributed by atoms with Crippen molar-refractivity contribution in [3.05, 3.63) is 215 Å². The number of aryl methyl sites for hydroxylation is 8. The summed E-state index contributed by atoms with van der Waals surface area (Å²) in [5.74, 6) is -1.08. The number of thiazole rings is 3. The second-order valence-electron chi connectivity index (χ2n) is 20.2. The molecule has 0 unspecified atom stereocenters. The fourth-order valence-electron chi connectivity index (χ4n) is 10.9. The van der Waals surface area contributed by atoms with E-state index in [-0.39, 0.29) is 0 Å². The summed E-state index contributed by atoms with van der Waals surface area (Å²) in [4.78, 5) is 0. The van der Waals surface area contributed by atoms with E-state index in [0.29, 0.717) is 33.5 Å². The number of hydrogen-bond donors (Lipinski definition) is 0. The molecular weight excluding hydrogens is 1070 g/mol. The van der Waals surface area contributed by atoms with Crippen molar-refractivity contribution in [1.82, 2.24) is 0 Å². The summed E-state index contributed by atoms with van der Waals surface area (Å²) in [5, 5.41) is 2.91. The van der Waals surface area contributed by atoms with Gasteiger partial charge < -0.3 is 0 Å². The van der Waals surface area contributed by atoms with Crippen LogP contribution in [0.2, 0.25) is 0 Å². The summed E-state index contributed by atoms with van der Waals surface area (Å²) in [6, 6.07) is 47.8. The van der Waals surface area contributed by atoms with Gasteiger partial charge in [0.15, 0.2) is 18.6 Å². The van der Waals surface area contributed by atoms with Gasteiger partial charge in [0.25, 0.3) is 15.0 Å². The minimum Gasteiger partial charge on any atom is -0.206 e. The van der Waals surface area contributed by atoms with Gasteiger partial charge in [0, 0.05) is 60.7 Å². The number of benzene rings is 6. The standard InChI is InChI=1S/C23H24N2S.C22H19F3N2S.C21H18F2N2S/c1-15-14-16(2)22(17(3)21(15)19-11-8-9-13-24(19)4)23-25(5)18-10-6-7-12-20(18)26-23;1-14-16(18-8-6-7-11-26(18)2)12-15(22(23,24)25)13-17(14)21-27(3)19-9-4-5-10-20(19)28-21;1-13-19(17-9-6-7-11-24(17)2)14(22)12-15(23)20(13)21-25(3)16-8-4-5-10-18(16)26-21/h6-14H,1-5H3;4-13H,1-3H3;4-12H,1-3H3/q3*+2. The van der Waals surface area contributed by atoms with Crippen LogP contribution in [0.4, 0.5) is 22.0 Å². The first-order valence-electron chi connectivity index (χ1n) is 26.0. The molecule has 6 aromatic heterocycles. The molecule has 0 amide bonds. The minimum absolute atomic E-state index is 0.432. The molecule has 12 aromatic rings. The predicted octanol–water partition coefficient (Wildman–Crippen LogP) is 14.5. The molecule has 0 radical (unpaired) electrons. The van der Waals surface area contributed by atoms with Crippen LogP contribution >= 0.6 is 34.0 Å². The van der Waals surface area contributed by atoms with Crippen LogP contribution in [-0.2, 0) is 48.5 Å². The van der Waals surface area contributed by atoms with Crippen molar-refractivity contribution in [2.24, 2.45) is 42.3 Å². The summed E-state index contributed by atoms with van der Waals surface area (Å²) < 4.78 is 86.3. The molecule has 0 saturated carbocycles. The average Bonchev–Trinajstić information content (AvgIpc) is 4.22. The van der Waals surface area contributed by atoms with E-state index in [0.717, 1.165) is 47.8 Å². The largest absolute Gasteiger partial charge is 0.416 e. The summed E-state index contributed by atoms with van der Waals surface area (Å²) in [7, 11) is 11.8. The van der Waals surface area contributed by atoms with Gasteiger partial charge in [-0.3, -0.25) is 0 Å². The van der Waals surface area contributed by atoms with E-state index in [1.54, 1.807) is 6.92 Å². The van der Waals surface area contributed by atoms with Crippen molar-refractivity contribution in [3.8, 4) is 65.5 Å². The molecule has 402 valence electrons. The van der Waals surface area contributed by atoms with Crippen LogP contribution in [0, 0.1) is 46.3 Å². The van der Waals surface area contributed by atoms with Gasteiger partial charge in [0.2, 0.25) is 33.6 Å². The van der Waals surface area contributed by atoms with Gasteiger partial charge in [-0.1, -0.05) is 76.5 Å². The van der Waals surface area contributed by atoms with E-state index in [2.05, 4.69) is 98.7 Å². The van der Waals surface area contributed by atoms with Crippen LogP contribution in [0.1, 0.15) is 33.4 Å². The van der Waals surface area contributed by atoms with Crippen molar-refractivity contribution in [1.29, 1.82) is 0 Å². The molecule has 6 aromatic carbocycles. The molecular formula is C66H61F5N6S3+6. The SMILES string of the molecule is Cc1c(-c2cccc[n+]2C)c(F)cc(F)c1-c1sc2ccccc2[n+]1C.Cc1c(-c2cccc[n+]2C)cc(C(F)(F)F)cc1-c1sc2ccccc2[n+]1C.Cc1cc(C)c(-c2sc3ccccc3[n+]2C)c(C)c1-c1cccc[n+]1C. The number of fused-ring (bicyclic) bond motifs is 3. The van der Waals surface area contributed by atoms with Crippen LogP contribution in [-0.4, -0.2) is 0 Å². The van der Waals surface area contributed by atoms with Crippen molar-refractivity contribution in [3.63, 3.8) is 0 Å². The Morgan fingerprint density at radius 1 is 0.362 bits per heavy atom. The topological polar surface area (TPSA) is 23.3 Å². The number of nitrogens with zero attached hydrogens (tertiary/aromatic N) is 6. The normalized spacial score (nSPS) is 11.5. The molecule has 6 heterocycles. The first kappa shape index (κ1) is 55.4. The number of rotatable bonds is 6. The van der Waals surface area contributed by atoms with Gasteiger partial charge in [-0.2, -0.15) is 26.9 Å². The summed E-state index contributed by atoms with van der Waals surface area (Å²) in [6.07, 6.45) is 1.40. The quantitative estimate of drug-likeness (QED) is 0.117. The third-order valence-corrected chi connectivity index (χ3v) is 18.7. The predicted molar refractivity (Wildman–Crippen MR) is 314 cm³/mol. The zero-order valence-corrected chi connectivity index (χ0v) is 48.9. The van der Waals surface area contributed by atoms with E-state index < -0.39 is 23.4 Å². The average molecular weight is 1130 g/mol. The van der Waals surface area contributed by atoms with Gasteiger partial charge in [-0.05, 0) is 111 Å². The minimum atomic E-state index is -4.42. The molecule has 0 fully saturated rings. The molecule has 0 atom stereocenters. The highest BCUT2D eigenvalue weighted by molar-refractivity contribution is 7.21. The fourth-order valence-corrected chi connectivity index (χ4v) is 14.7. The Balaban J connectivity index is 0.000000135. The van der Waals surface area contributed by atoms with E-state index in [1.807, 2.05) is 162 Å². The molecule has 0 aliphatic carbocycles. The van der Waals surface area contributed by atoms with E-state index in [1.165, 1.54) is 83.5 Å². The Hall–Kier alpha value is -7.91. The maximum atomic E-state index is 14.8. The Labute approximate surface area is 475 Å². The highest BCUT2D eigenvalue weighted by Crippen LogP contribution is 2.42. The van der Waals surface area contributed by atoms with Gasteiger partial charge >= 0.3 is 6.18 Å². The summed E-state index contributed by atoms with van der Waals surface area (Å²) >= 11 is 4.90. The maximum absolute atomic E-state index is 14.8. The molecule has 0 N–H and O–H groups in total. The lowest BCUT2D eigenvalue weighted by Crippen LogP contribution is -2.31. The second-order valence-corrected chi connectivity index (χ2v) is 23.3. The Morgan fingerprint density at radius 2 is 0.738 bits per heavy atom. The Bertz CT molecular complexity index is 4180. The van der Waals surface area contributed by atoms with Crippen molar-refractivity contribution >= 4 is 64.7 Å². The first-order valence-corrected chi connectivity index (χ1v) is 28.5. The zero-order valence-electron chi connectivity index (χ0n) is 46.5. The number of para-hydroxylation sites is 3. The molecule has 12 rings (SSSR count). The number of alkyl halides is 3. The monoisotopic (exact) mass is 1130 g/mol. The highest BCUT2D eigenvalue weighted by Gasteiger charge is 2.35. The molecule has 0 saturated heterocycles. The fraction of sp³-hybridized carbons (Fsp3) is 0.182. The van der Waals surface area contributed by atoms with Crippen LogP contribution in [0.25, 0.3) is 96.1 Å². The van der Waals surface area contributed by atoms with Crippen molar-refractivity contribution in [2.75, 3.05) is 0 Å². The molecule has 6 nitrogen and oxygen atoms in total. The lowest BCUT2D eigenvalue weighted by atomic mass is 9.91. The highest BCUT2D eigenvalue weighted by atomic mass is 32.1. The van der Waals surface area contributed by atoms with Gasteiger partial charge in [-0.25, -0.2) is 22.5 Å². The molecule has 80 heavy (non-hydrogen) atoms. The van der Waals surface area contributed by atoms with Gasteiger partial charge in [0.05, 0.1) is 38.9 Å². The van der Waals surface area contributed by atoms with Crippen LogP contribution in [0.5, 0.6) is 0 Å².